The van der Waals surface area contributed by atoms with Gasteiger partial charge in [-0.15, -0.1) is 0 Å². The number of sulfone groups is 1. The molecule has 1 aromatic heterocycles. The van der Waals surface area contributed by atoms with Crippen LogP contribution in [0.4, 0.5) is 0 Å². The lowest BCUT2D eigenvalue weighted by Crippen LogP contribution is -2.31. The van der Waals surface area contributed by atoms with Gasteiger partial charge in [-0.3, -0.25) is 10.5 Å². The Kier molecular flexibility index (Phi) is 4.67. The molecule has 0 fully saturated rings. The molecule has 0 aliphatic heterocycles. The van der Waals surface area contributed by atoms with Crippen molar-refractivity contribution < 1.29 is 8.42 Å². The van der Waals surface area contributed by atoms with Crippen LogP contribution in [0.3, 0.4) is 0 Å². The van der Waals surface area contributed by atoms with Crippen molar-refractivity contribution in [1.82, 2.24) is 15.2 Å². The Balaban J connectivity index is 2.45. The van der Waals surface area contributed by atoms with E-state index in [1.165, 1.54) is 6.26 Å². The third kappa shape index (κ3) is 3.26. The number of halogens is 1. The Morgan fingerprint density at radius 2 is 2.00 bits per heavy atom. The molecular formula is C13H17ClN4O2S. The normalized spacial score (nSPS) is 13.3. The molecule has 1 atom stereocenters. The summed E-state index contributed by atoms with van der Waals surface area (Å²) in [6.45, 7) is 2.61. The molecule has 6 nitrogen and oxygen atoms in total. The van der Waals surface area contributed by atoms with Gasteiger partial charge in [0.25, 0.3) is 0 Å². The smallest absolute Gasteiger partial charge is 0.175 e. The first-order valence-electron chi connectivity index (χ1n) is 6.35. The molecule has 2 aromatic rings. The van der Waals surface area contributed by atoms with E-state index in [2.05, 4.69) is 10.5 Å². The number of aryl methyl sites for hydroxylation is 1. The first kappa shape index (κ1) is 16.0. The molecule has 0 saturated carbocycles. The van der Waals surface area contributed by atoms with Crippen molar-refractivity contribution in [2.24, 2.45) is 5.84 Å². The van der Waals surface area contributed by atoms with Gasteiger partial charge in [-0.25, -0.2) is 13.8 Å². The first-order chi connectivity index (χ1) is 9.88. The highest BCUT2D eigenvalue weighted by atomic mass is 35.5. The fourth-order valence-electron chi connectivity index (χ4n) is 2.15. The van der Waals surface area contributed by atoms with Gasteiger partial charge in [0.2, 0.25) is 0 Å². The predicted molar refractivity (Wildman–Crippen MR) is 81.6 cm³/mol. The van der Waals surface area contributed by atoms with Gasteiger partial charge >= 0.3 is 0 Å². The van der Waals surface area contributed by atoms with Gasteiger partial charge in [-0.1, -0.05) is 23.7 Å². The van der Waals surface area contributed by atoms with Crippen molar-refractivity contribution in [3.8, 4) is 0 Å². The second-order valence-electron chi connectivity index (χ2n) is 4.63. The Morgan fingerprint density at radius 1 is 1.38 bits per heavy atom. The van der Waals surface area contributed by atoms with E-state index in [4.69, 9.17) is 17.4 Å². The minimum absolute atomic E-state index is 0.261. The quantitative estimate of drug-likeness (QED) is 0.641. The van der Waals surface area contributed by atoms with E-state index in [0.29, 0.717) is 11.6 Å². The number of hydrazine groups is 1. The third-order valence-electron chi connectivity index (χ3n) is 3.21. The lowest BCUT2D eigenvalue weighted by molar-refractivity contribution is 0.543. The average Bonchev–Trinajstić information content (AvgIpc) is 2.81. The van der Waals surface area contributed by atoms with Crippen LogP contribution in [0.5, 0.6) is 0 Å². The second-order valence-corrected chi connectivity index (χ2v) is 7.06. The Morgan fingerprint density at radius 3 is 2.48 bits per heavy atom. The summed E-state index contributed by atoms with van der Waals surface area (Å²) in [7, 11) is -3.22. The second kappa shape index (κ2) is 6.15. The highest BCUT2D eigenvalue weighted by Crippen LogP contribution is 2.28. The van der Waals surface area contributed by atoms with Crippen molar-refractivity contribution in [3.63, 3.8) is 0 Å². The van der Waals surface area contributed by atoms with Crippen LogP contribution in [-0.2, 0) is 16.4 Å². The van der Waals surface area contributed by atoms with Crippen LogP contribution in [0.2, 0.25) is 5.02 Å². The molecular weight excluding hydrogens is 312 g/mol. The highest BCUT2D eigenvalue weighted by Gasteiger charge is 2.21. The van der Waals surface area contributed by atoms with E-state index in [0.717, 1.165) is 11.3 Å². The standard InChI is InChI=1S/C13H17ClN4O2S/c1-3-18-13(11(14)8-16-18)12(17-15)9-4-6-10(7-5-9)21(2,19)20/h4-8,12,17H,3,15H2,1-2H3. The van der Waals surface area contributed by atoms with Gasteiger partial charge in [0.05, 0.1) is 27.9 Å². The molecule has 21 heavy (non-hydrogen) atoms. The van der Waals surface area contributed by atoms with Crippen LogP contribution in [0.25, 0.3) is 0 Å². The molecule has 2 rings (SSSR count). The van der Waals surface area contributed by atoms with Gasteiger partial charge in [0.15, 0.2) is 9.84 Å². The van der Waals surface area contributed by atoms with E-state index in [1.54, 1.807) is 35.1 Å². The summed E-state index contributed by atoms with van der Waals surface area (Å²) >= 11 is 6.18. The zero-order valence-corrected chi connectivity index (χ0v) is 13.3. The summed E-state index contributed by atoms with van der Waals surface area (Å²) in [5, 5.41) is 4.69. The predicted octanol–water partition coefficient (Wildman–Crippen LogP) is 1.51. The van der Waals surface area contributed by atoms with Crippen molar-refractivity contribution in [2.75, 3.05) is 6.26 Å². The fourth-order valence-corrected chi connectivity index (χ4v) is 3.03. The summed E-state index contributed by atoms with van der Waals surface area (Å²) in [5.74, 6) is 5.64. The molecule has 3 N–H and O–H groups in total. The summed E-state index contributed by atoms with van der Waals surface area (Å²) < 4.78 is 24.7. The molecule has 8 heteroatoms. The molecule has 1 aromatic carbocycles. The van der Waals surface area contributed by atoms with Crippen molar-refractivity contribution >= 4 is 21.4 Å². The summed E-state index contributed by atoms with van der Waals surface area (Å²) in [4.78, 5) is 0.261. The van der Waals surface area contributed by atoms with Crippen molar-refractivity contribution in [1.29, 1.82) is 0 Å². The minimum atomic E-state index is -3.22. The zero-order valence-electron chi connectivity index (χ0n) is 11.7. The van der Waals surface area contributed by atoms with Crippen LogP contribution in [-0.4, -0.2) is 24.5 Å². The molecule has 0 aliphatic rings. The van der Waals surface area contributed by atoms with Gasteiger partial charge in [0.1, 0.15) is 0 Å². The topological polar surface area (TPSA) is 90.0 Å². The van der Waals surface area contributed by atoms with E-state index < -0.39 is 9.84 Å². The van der Waals surface area contributed by atoms with E-state index in [1.807, 2.05) is 6.92 Å². The van der Waals surface area contributed by atoms with Crippen molar-refractivity contribution in [3.05, 3.63) is 46.7 Å². The molecule has 0 amide bonds. The fraction of sp³-hybridized carbons (Fsp3) is 0.308. The molecule has 0 bridgehead atoms. The third-order valence-corrected chi connectivity index (χ3v) is 4.63. The molecule has 1 heterocycles. The van der Waals surface area contributed by atoms with Gasteiger partial charge < -0.3 is 0 Å². The number of aromatic nitrogens is 2. The highest BCUT2D eigenvalue weighted by molar-refractivity contribution is 7.90. The minimum Gasteiger partial charge on any atom is -0.271 e. The largest absolute Gasteiger partial charge is 0.271 e. The van der Waals surface area contributed by atoms with Crippen LogP contribution in [0.15, 0.2) is 35.4 Å². The van der Waals surface area contributed by atoms with E-state index in [-0.39, 0.29) is 10.9 Å². The molecule has 0 spiro atoms. The van der Waals surface area contributed by atoms with E-state index >= 15 is 0 Å². The maximum absolute atomic E-state index is 11.5. The van der Waals surface area contributed by atoms with Crippen LogP contribution >= 0.6 is 11.6 Å². The number of nitrogens with one attached hydrogen (secondary N) is 1. The maximum Gasteiger partial charge on any atom is 0.175 e. The lowest BCUT2D eigenvalue weighted by atomic mass is 10.0. The van der Waals surface area contributed by atoms with E-state index in [9.17, 15) is 8.42 Å². The van der Waals surface area contributed by atoms with Gasteiger partial charge in [0, 0.05) is 12.8 Å². The summed E-state index contributed by atoms with van der Waals surface area (Å²) in [5.41, 5.74) is 4.25. The van der Waals surface area contributed by atoms with Gasteiger partial charge in [-0.05, 0) is 24.6 Å². The molecule has 1 unspecified atom stereocenters. The van der Waals surface area contributed by atoms with Gasteiger partial charge in [-0.2, -0.15) is 5.10 Å². The number of nitrogens with two attached hydrogens (primary N) is 1. The zero-order chi connectivity index (χ0) is 15.6. The van der Waals surface area contributed by atoms with Crippen LogP contribution in [0.1, 0.15) is 24.2 Å². The van der Waals surface area contributed by atoms with Crippen molar-refractivity contribution in [2.45, 2.75) is 24.4 Å². The summed E-state index contributed by atoms with van der Waals surface area (Å²) in [6, 6.07) is 6.16. The first-order valence-corrected chi connectivity index (χ1v) is 8.62. The number of nitrogens with zero attached hydrogens (tertiary/aromatic N) is 2. The number of hydrogen-bond donors (Lipinski definition) is 2. The van der Waals surface area contributed by atoms with Crippen LogP contribution < -0.4 is 11.3 Å². The maximum atomic E-state index is 11.5. The number of hydrogen-bond acceptors (Lipinski definition) is 5. The molecule has 0 saturated heterocycles. The molecule has 114 valence electrons. The SMILES string of the molecule is CCn1ncc(Cl)c1C(NN)c1ccc(S(C)(=O)=O)cc1. The number of rotatable bonds is 5. The Labute approximate surface area is 128 Å². The monoisotopic (exact) mass is 328 g/mol. The molecule has 0 aliphatic carbocycles. The average molecular weight is 329 g/mol. The number of benzene rings is 1. The molecule has 0 radical (unpaired) electrons. The summed E-state index contributed by atoms with van der Waals surface area (Å²) in [6.07, 6.45) is 2.74. The Bertz CT molecular complexity index is 725. The Hall–Kier alpha value is -1.41. The lowest BCUT2D eigenvalue weighted by Gasteiger charge is -2.18. The van der Waals surface area contributed by atoms with Crippen LogP contribution in [0, 0.1) is 0 Å².